The molecule has 0 saturated carbocycles. The van der Waals surface area contributed by atoms with E-state index in [1.807, 2.05) is 0 Å². The monoisotopic (exact) mass is 400 g/mol. The Morgan fingerprint density at radius 3 is 2.17 bits per heavy atom. The number of hydrogen-bond donors (Lipinski definition) is 0. The summed E-state index contributed by atoms with van der Waals surface area (Å²) in [5.41, 5.74) is 0.804. The van der Waals surface area contributed by atoms with E-state index in [-0.39, 0.29) is 10.6 Å². The average molecular weight is 402 g/mol. The van der Waals surface area contributed by atoms with Gasteiger partial charge in [0.15, 0.2) is 11.5 Å². The SMILES string of the molecule is COc1cc(Br)c(C(Br)CS(C)(=O)=O)cc1OC. The number of methoxy groups -OCH3 is 2. The summed E-state index contributed by atoms with van der Waals surface area (Å²) in [5.74, 6) is 1.17. The maximum absolute atomic E-state index is 11.3. The van der Waals surface area contributed by atoms with Gasteiger partial charge in [0.2, 0.25) is 0 Å². The van der Waals surface area contributed by atoms with Gasteiger partial charge in [0.25, 0.3) is 0 Å². The third kappa shape index (κ3) is 4.13. The molecule has 0 aliphatic rings. The molecule has 4 nitrogen and oxygen atoms in total. The highest BCUT2D eigenvalue weighted by atomic mass is 79.9. The summed E-state index contributed by atoms with van der Waals surface area (Å²) in [4.78, 5) is -0.304. The molecule has 0 spiro atoms. The van der Waals surface area contributed by atoms with Crippen LogP contribution < -0.4 is 9.47 Å². The van der Waals surface area contributed by atoms with Crippen LogP contribution in [0.5, 0.6) is 11.5 Å². The molecule has 0 N–H and O–H groups in total. The van der Waals surface area contributed by atoms with Crippen molar-refractivity contribution in [2.45, 2.75) is 4.83 Å². The molecule has 1 aromatic rings. The van der Waals surface area contributed by atoms with Crippen LogP contribution in [0, 0.1) is 0 Å². The van der Waals surface area contributed by atoms with Crippen LogP contribution in [0.1, 0.15) is 10.4 Å². The van der Waals surface area contributed by atoms with Gasteiger partial charge in [-0.25, -0.2) is 8.42 Å². The molecule has 102 valence electrons. The molecule has 18 heavy (non-hydrogen) atoms. The lowest BCUT2D eigenvalue weighted by Crippen LogP contribution is -2.09. The van der Waals surface area contributed by atoms with Gasteiger partial charge in [0, 0.05) is 10.7 Å². The lowest BCUT2D eigenvalue weighted by molar-refractivity contribution is 0.354. The molecular formula is C11H14Br2O4S. The minimum atomic E-state index is -3.06. The topological polar surface area (TPSA) is 52.6 Å². The number of alkyl halides is 1. The van der Waals surface area contributed by atoms with Crippen LogP contribution in [-0.2, 0) is 9.84 Å². The summed E-state index contributed by atoms with van der Waals surface area (Å²) >= 11 is 6.78. The van der Waals surface area contributed by atoms with Gasteiger partial charge in [-0.1, -0.05) is 31.9 Å². The Balaban J connectivity index is 3.17. The molecular weight excluding hydrogens is 388 g/mol. The predicted molar refractivity (Wildman–Crippen MR) is 78.6 cm³/mol. The molecule has 1 rings (SSSR count). The number of sulfone groups is 1. The second-order valence-electron chi connectivity index (χ2n) is 3.79. The zero-order chi connectivity index (χ0) is 13.9. The normalized spacial score (nSPS) is 13.2. The number of rotatable bonds is 5. The summed E-state index contributed by atoms with van der Waals surface area (Å²) in [5, 5.41) is 0. The summed E-state index contributed by atoms with van der Waals surface area (Å²) in [6.07, 6.45) is 1.20. The average Bonchev–Trinajstić information content (AvgIpc) is 2.26. The molecule has 1 atom stereocenters. The molecule has 1 unspecified atom stereocenters. The second kappa shape index (κ2) is 6.25. The van der Waals surface area contributed by atoms with Crippen LogP contribution in [0.3, 0.4) is 0 Å². The predicted octanol–water partition coefficient (Wildman–Crippen LogP) is 2.95. The van der Waals surface area contributed by atoms with E-state index in [1.54, 1.807) is 19.2 Å². The maximum Gasteiger partial charge on any atom is 0.161 e. The highest BCUT2D eigenvalue weighted by molar-refractivity contribution is 9.11. The van der Waals surface area contributed by atoms with E-state index < -0.39 is 9.84 Å². The molecule has 0 fully saturated rings. The van der Waals surface area contributed by atoms with Gasteiger partial charge in [-0.05, 0) is 17.7 Å². The van der Waals surface area contributed by atoms with Gasteiger partial charge in [0.05, 0.1) is 24.8 Å². The van der Waals surface area contributed by atoms with E-state index in [0.29, 0.717) is 11.5 Å². The summed E-state index contributed by atoms with van der Waals surface area (Å²) in [7, 11) is 0.0214. The highest BCUT2D eigenvalue weighted by Crippen LogP contribution is 2.39. The Bertz CT molecular complexity index is 528. The fourth-order valence-electron chi connectivity index (χ4n) is 1.47. The van der Waals surface area contributed by atoms with Crippen LogP contribution in [0.4, 0.5) is 0 Å². The minimum absolute atomic E-state index is 0.0150. The van der Waals surface area contributed by atoms with Gasteiger partial charge in [-0.2, -0.15) is 0 Å². The van der Waals surface area contributed by atoms with E-state index in [0.717, 1.165) is 10.0 Å². The van der Waals surface area contributed by atoms with Gasteiger partial charge in [-0.3, -0.25) is 0 Å². The van der Waals surface area contributed by atoms with Crippen molar-refractivity contribution >= 4 is 41.7 Å². The van der Waals surface area contributed by atoms with E-state index in [1.165, 1.54) is 13.4 Å². The van der Waals surface area contributed by atoms with E-state index in [2.05, 4.69) is 31.9 Å². The first-order chi connectivity index (χ1) is 8.28. The van der Waals surface area contributed by atoms with E-state index in [4.69, 9.17) is 9.47 Å². The third-order valence-corrected chi connectivity index (χ3v) is 5.16. The molecule has 0 aliphatic heterocycles. The van der Waals surface area contributed by atoms with Crippen LogP contribution in [0.2, 0.25) is 0 Å². The summed E-state index contributed by atoms with van der Waals surface area (Å²) in [6.45, 7) is 0. The molecule has 0 bridgehead atoms. The second-order valence-corrected chi connectivity index (χ2v) is 7.93. The van der Waals surface area contributed by atoms with E-state index in [9.17, 15) is 8.42 Å². The van der Waals surface area contributed by atoms with Crippen molar-refractivity contribution < 1.29 is 17.9 Å². The highest BCUT2D eigenvalue weighted by Gasteiger charge is 2.19. The number of hydrogen-bond acceptors (Lipinski definition) is 4. The maximum atomic E-state index is 11.3. The molecule has 0 saturated heterocycles. The smallest absolute Gasteiger partial charge is 0.161 e. The fraction of sp³-hybridized carbons (Fsp3) is 0.455. The molecule has 0 heterocycles. The minimum Gasteiger partial charge on any atom is -0.493 e. The van der Waals surface area contributed by atoms with Crippen molar-refractivity contribution in [3.05, 3.63) is 22.2 Å². The Morgan fingerprint density at radius 2 is 1.72 bits per heavy atom. The van der Waals surface area contributed by atoms with Gasteiger partial charge in [0.1, 0.15) is 9.84 Å². The zero-order valence-electron chi connectivity index (χ0n) is 10.2. The molecule has 1 aromatic carbocycles. The first kappa shape index (κ1) is 15.8. The molecule has 0 amide bonds. The fourth-order valence-corrected chi connectivity index (χ4v) is 4.90. The van der Waals surface area contributed by atoms with Crippen molar-refractivity contribution in [1.82, 2.24) is 0 Å². The quantitative estimate of drug-likeness (QED) is 0.711. The lowest BCUT2D eigenvalue weighted by Gasteiger charge is -2.15. The van der Waals surface area contributed by atoms with Gasteiger partial charge >= 0.3 is 0 Å². The first-order valence-corrected chi connectivity index (χ1v) is 8.78. The van der Waals surface area contributed by atoms with Crippen molar-refractivity contribution in [3.8, 4) is 11.5 Å². The van der Waals surface area contributed by atoms with Crippen molar-refractivity contribution in [2.75, 3.05) is 26.2 Å². The molecule has 7 heteroatoms. The van der Waals surface area contributed by atoms with E-state index >= 15 is 0 Å². The van der Waals surface area contributed by atoms with Crippen LogP contribution in [0.25, 0.3) is 0 Å². The Hall–Kier alpha value is -0.270. The lowest BCUT2D eigenvalue weighted by atomic mass is 10.1. The van der Waals surface area contributed by atoms with Crippen molar-refractivity contribution in [2.24, 2.45) is 0 Å². The first-order valence-electron chi connectivity index (χ1n) is 5.01. The molecule has 0 radical (unpaired) electrons. The van der Waals surface area contributed by atoms with Gasteiger partial charge < -0.3 is 9.47 Å². The van der Waals surface area contributed by atoms with Crippen LogP contribution >= 0.6 is 31.9 Å². The molecule has 0 aliphatic carbocycles. The van der Waals surface area contributed by atoms with Gasteiger partial charge in [-0.15, -0.1) is 0 Å². The summed E-state index contributed by atoms with van der Waals surface area (Å²) in [6, 6.07) is 3.51. The Morgan fingerprint density at radius 1 is 1.22 bits per heavy atom. The Kier molecular flexibility index (Phi) is 5.48. The Labute approximate surface area is 124 Å². The largest absolute Gasteiger partial charge is 0.493 e. The van der Waals surface area contributed by atoms with Crippen LogP contribution in [-0.4, -0.2) is 34.6 Å². The third-order valence-electron chi connectivity index (χ3n) is 2.29. The zero-order valence-corrected chi connectivity index (χ0v) is 14.2. The summed E-state index contributed by atoms with van der Waals surface area (Å²) < 4.78 is 33.7. The van der Waals surface area contributed by atoms with Crippen molar-refractivity contribution in [1.29, 1.82) is 0 Å². The van der Waals surface area contributed by atoms with Crippen molar-refractivity contribution in [3.63, 3.8) is 0 Å². The molecule has 0 aromatic heterocycles. The number of ether oxygens (including phenoxy) is 2. The number of halogens is 2. The van der Waals surface area contributed by atoms with Crippen LogP contribution in [0.15, 0.2) is 16.6 Å². The standard InChI is InChI=1S/C11H14Br2O4S/c1-16-10-4-7(8(12)5-11(10)17-2)9(13)6-18(3,14)15/h4-5,9H,6H2,1-3H3. The number of benzene rings is 1.